The van der Waals surface area contributed by atoms with Gasteiger partial charge in [-0.05, 0) is 47.4 Å². The molecule has 1 aromatic rings. The monoisotopic (exact) mass is 454 g/mol. The molecule has 0 fully saturated rings. The fourth-order valence-electron chi connectivity index (χ4n) is 3.76. The van der Waals surface area contributed by atoms with Crippen LogP contribution in [0.1, 0.15) is 19.4 Å². The van der Waals surface area contributed by atoms with Crippen molar-refractivity contribution in [2.75, 3.05) is 13.3 Å². The molecule has 2 heterocycles. The van der Waals surface area contributed by atoms with Gasteiger partial charge in [0.15, 0.2) is 15.9 Å². The summed E-state index contributed by atoms with van der Waals surface area (Å²) in [5.74, 6) is 0.193. The van der Waals surface area contributed by atoms with Crippen molar-refractivity contribution in [2.24, 2.45) is 10.9 Å². The van der Waals surface area contributed by atoms with Crippen LogP contribution in [0.25, 0.3) is 5.57 Å². The van der Waals surface area contributed by atoms with Crippen LogP contribution in [-0.4, -0.2) is 44.3 Å². The van der Waals surface area contributed by atoms with E-state index in [0.29, 0.717) is 28.4 Å². The maximum absolute atomic E-state index is 15.1. The average molecular weight is 455 g/mol. The van der Waals surface area contributed by atoms with Crippen LogP contribution < -0.4 is 4.74 Å². The van der Waals surface area contributed by atoms with Crippen molar-refractivity contribution in [1.29, 1.82) is 0 Å². The van der Waals surface area contributed by atoms with Crippen LogP contribution >= 0.6 is 0 Å². The number of hydrogen-bond donors (Lipinski definition) is 0. The predicted octanol–water partition coefficient (Wildman–Crippen LogP) is 3.85. The van der Waals surface area contributed by atoms with Crippen LogP contribution in [0.5, 0.6) is 5.75 Å². The number of benzene rings is 1. The third-order valence-electron chi connectivity index (χ3n) is 5.47. The summed E-state index contributed by atoms with van der Waals surface area (Å²) in [6, 6.07) is 4.44. The number of rotatable bonds is 5. The molecule has 3 aliphatic rings. The van der Waals surface area contributed by atoms with Crippen molar-refractivity contribution in [1.82, 2.24) is 4.90 Å². The lowest BCUT2D eigenvalue weighted by molar-refractivity contribution is -0.120. The molecular formula is C24H23FN2O4S. The summed E-state index contributed by atoms with van der Waals surface area (Å²) in [4.78, 5) is 18.1. The largest absolute Gasteiger partial charge is 0.479 e. The van der Waals surface area contributed by atoms with Gasteiger partial charge in [-0.15, -0.1) is 0 Å². The fourth-order valence-corrected chi connectivity index (χ4v) is 4.41. The minimum absolute atomic E-state index is 0.0169. The van der Waals surface area contributed by atoms with Gasteiger partial charge in [0, 0.05) is 37.7 Å². The van der Waals surface area contributed by atoms with E-state index in [0.717, 1.165) is 6.26 Å². The summed E-state index contributed by atoms with van der Waals surface area (Å²) >= 11 is 0. The van der Waals surface area contributed by atoms with Gasteiger partial charge < -0.3 is 9.64 Å². The first-order valence-electron chi connectivity index (χ1n) is 10.1. The van der Waals surface area contributed by atoms with Gasteiger partial charge in [0.25, 0.3) is 5.91 Å². The Labute approximate surface area is 187 Å². The van der Waals surface area contributed by atoms with E-state index in [-0.39, 0.29) is 28.3 Å². The first-order valence-corrected chi connectivity index (χ1v) is 12.0. The van der Waals surface area contributed by atoms with Gasteiger partial charge in [-0.25, -0.2) is 12.8 Å². The molecule has 0 bridgehead atoms. The summed E-state index contributed by atoms with van der Waals surface area (Å²) in [5.41, 5.74) is 1.82. The molecule has 6 nitrogen and oxygen atoms in total. The van der Waals surface area contributed by atoms with Crippen LogP contribution in [-0.2, 0) is 14.6 Å². The number of aliphatic imine (C=N–C) groups is 1. The molecule has 1 unspecified atom stereocenters. The van der Waals surface area contributed by atoms with E-state index in [2.05, 4.69) is 4.99 Å². The van der Waals surface area contributed by atoms with E-state index < -0.39 is 15.9 Å². The molecule has 8 heteroatoms. The Morgan fingerprint density at radius 1 is 1.25 bits per heavy atom. The second-order valence-corrected chi connectivity index (χ2v) is 10.2. The second kappa shape index (κ2) is 8.16. The Kier molecular flexibility index (Phi) is 5.67. The lowest BCUT2D eigenvalue weighted by Gasteiger charge is -2.28. The Morgan fingerprint density at radius 2 is 2.00 bits per heavy atom. The lowest BCUT2D eigenvalue weighted by atomic mass is 9.86. The number of carbonyl (C=O) groups is 1. The first-order chi connectivity index (χ1) is 15.1. The number of ether oxygens (including phenoxy) is 1. The summed E-state index contributed by atoms with van der Waals surface area (Å²) in [7, 11) is -1.92. The topological polar surface area (TPSA) is 76.0 Å². The van der Waals surface area contributed by atoms with E-state index in [1.807, 2.05) is 13.8 Å². The van der Waals surface area contributed by atoms with Crippen molar-refractivity contribution in [2.45, 2.75) is 24.8 Å². The van der Waals surface area contributed by atoms with E-state index in [9.17, 15) is 13.2 Å². The maximum atomic E-state index is 15.1. The van der Waals surface area contributed by atoms with E-state index in [1.165, 1.54) is 29.3 Å². The van der Waals surface area contributed by atoms with E-state index in [4.69, 9.17) is 4.74 Å². The Morgan fingerprint density at radius 3 is 2.69 bits per heavy atom. The molecule has 0 saturated carbocycles. The van der Waals surface area contributed by atoms with Crippen molar-refractivity contribution >= 4 is 27.0 Å². The number of hydrogen-bond acceptors (Lipinski definition) is 5. The molecule has 1 aromatic carbocycles. The number of fused-ring (bicyclic) bond motifs is 1. The normalized spacial score (nSPS) is 21.2. The molecule has 0 saturated heterocycles. The lowest BCUT2D eigenvalue weighted by Crippen LogP contribution is -2.36. The molecule has 0 spiro atoms. The highest BCUT2D eigenvalue weighted by Gasteiger charge is 2.36. The fraction of sp³-hybridized carbons (Fsp3) is 0.250. The Hall–Kier alpha value is -3.00. The van der Waals surface area contributed by atoms with Crippen LogP contribution in [0.15, 0.2) is 70.1 Å². The molecule has 0 N–H and O–H groups in total. The molecule has 1 amide bonds. The minimum atomic E-state index is -3.51. The third kappa shape index (κ3) is 3.95. The van der Waals surface area contributed by atoms with Gasteiger partial charge >= 0.3 is 0 Å². The summed E-state index contributed by atoms with van der Waals surface area (Å²) in [6.45, 7) is 3.80. The minimum Gasteiger partial charge on any atom is -0.479 e. The quantitative estimate of drug-likeness (QED) is 0.677. The van der Waals surface area contributed by atoms with Gasteiger partial charge in [-0.1, -0.05) is 19.9 Å². The average Bonchev–Trinajstić information content (AvgIpc) is 3.22. The highest BCUT2D eigenvalue weighted by atomic mass is 32.2. The van der Waals surface area contributed by atoms with Crippen LogP contribution in [0, 0.1) is 18.3 Å². The van der Waals surface area contributed by atoms with Crippen molar-refractivity contribution in [3.05, 3.63) is 78.1 Å². The standard InChI is InChI=1S/C24H23FN2O4S/c1-14(2)16-6-5-7-21(22(16)25)31-20-9-8-15(32(4,29)30)12-18(20)19-13-27(3)24(28)23-17(19)10-11-26-23/h5-14,21H,1-4H3. The Balaban J connectivity index is 1.83. The van der Waals surface area contributed by atoms with Gasteiger partial charge in [-0.2, -0.15) is 0 Å². The van der Waals surface area contributed by atoms with Gasteiger partial charge in [0.2, 0.25) is 0 Å². The van der Waals surface area contributed by atoms with Crippen LogP contribution in [0.4, 0.5) is 4.39 Å². The molecular weight excluding hydrogens is 431 g/mol. The Bertz CT molecular complexity index is 1240. The molecule has 0 aromatic heterocycles. The van der Waals surface area contributed by atoms with Crippen molar-refractivity contribution in [3.63, 3.8) is 0 Å². The predicted molar refractivity (Wildman–Crippen MR) is 121 cm³/mol. The maximum Gasteiger partial charge on any atom is 0.273 e. The zero-order valence-electron chi connectivity index (χ0n) is 18.2. The highest BCUT2D eigenvalue weighted by molar-refractivity contribution is 7.90. The van der Waals surface area contributed by atoms with E-state index in [1.54, 1.807) is 37.9 Å². The van der Waals surface area contributed by atoms with Gasteiger partial charge in [0.05, 0.1) is 10.8 Å². The van der Waals surface area contributed by atoms with Gasteiger partial charge in [0.1, 0.15) is 17.3 Å². The number of carbonyl (C=O) groups excluding carboxylic acids is 1. The molecule has 1 atom stereocenters. The number of nitrogens with zero attached hydrogens (tertiary/aromatic N) is 2. The zero-order chi connectivity index (χ0) is 23.2. The van der Waals surface area contributed by atoms with Gasteiger partial charge in [-0.3, -0.25) is 9.79 Å². The van der Waals surface area contributed by atoms with Crippen molar-refractivity contribution < 1.29 is 22.3 Å². The first kappa shape index (κ1) is 22.2. The number of halogens is 1. The zero-order valence-corrected chi connectivity index (χ0v) is 19.0. The molecule has 2 aliphatic heterocycles. The van der Waals surface area contributed by atoms with Crippen molar-refractivity contribution in [3.8, 4) is 5.75 Å². The summed E-state index contributed by atoms with van der Waals surface area (Å²) in [5, 5.41) is 0. The third-order valence-corrected chi connectivity index (χ3v) is 6.58. The summed E-state index contributed by atoms with van der Waals surface area (Å²) < 4.78 is 45.6. The molecule has 32 heavy (non-hydrogen) atoms. The molecule has 166 valence electrons. The number of amides is 1. The molecule has 2 radical (unpaired) electrons. The SMILES string of the molecule is CC(C)C1=C(F)C(Oc2ccc(S(C)(=O)=O)cc2C2=CN(C)C(=O)C3=NC=C[C]23)C=C[CH]1. The number of allylic oxidation sites excluding steroid dienone is 4. The van der Waals surface area contributed by atoms with E-state index >= 15 is 4.39 Å². The smallest absolute Gasteiger partial charge is 0.273 e. The second-order valence-electron chi connectivity index (χ2n) is 8.14. The van der Waals surface area contributed by atoms with Crippen LogP contribution in [0.3, 0.4) is 0 Å². The molecule has 4 rings (SSSR count). The number of sulfone groups is 1. The highest BCUT2D eigenvalue weighted by Crippen LogP contribution is 2.41. The summed E-state index contributed by atoms with van der Waals surface area (Å²) in [6.07, 6.45) is 10.1. The van der Waals surface area contributed by atoms with Crippen LogP contribution in [0.2, 0.25) is 0 Å². The molecule has 1 aliphatic carbocycles.